The molecule has 1 saturated heterocycles. The number of furan rings is 1. The van der Waals surface area contributed by atoms with Crippen LogP contribution in [0.15, 0.2) is 23.0 Å². The monoisotopic (exact) mass is 348 g/mol. The van der Waals surface area contributed by atoms with Crippen LogP contribution >= 0.6 is 0 Å². The summed E-state index contributed by atoms with van der Waals surface area (Å²) in [6.45, 7) is 4.07. The molecule has 1 aliphatic carbocycles. The number of amides is 2. The van der Waals surface area contributed by atoms with Gasteiger partial charge in [-0.2, -0.15) is 0 Å². The fraction of sp³-hybridized carbons (Fsp3) is 0.684. The van der Waals surface area contributed by atoms with E-state index >= 15 is 0 Å². The van der Waals surface area contributed by atoms with Crippen LogP contribution in [0.1, 0.15) is 55.8 Å². The standard InChI is InChI=1S/C19H28N2O4/c1-15(25-17-6-4-2-3-5-7-17)18(22)20-9-11-21(12-10-20)19(23)16-8-13-24-14-16/h8,13-15,17H,2-7,9-12H2,1H3/t15-/m1/s1. The zero-order valence-corrected chi connectivity index (χ0v) is 15.0. The summed E-state index contributed by atoms with van der Waals surface area (Å²) < 4.78 is 11.0. The van der Waals surface area contributed by atoms with Gasteiger partial charge in [-0.15, -0.1) is 0 Å². The minimum Gasteiger partial charge on any atom is -0.472 e. The molecule has 0 aromatic carbocycles. The van der Waals surface area contributed by atoms with Crippen molar-refractivity contribution in [3.63, 3.8) is 0 Å². The van der Waals surface area contributed by atoms with Crippen LogP contribution in [-0.4, -0.2) is 60.0 Å². The average molecular weight is 348 g/mol. The summed E-state index contributed by atoms with van der Waals surface area (Å²) in [4.78, 5) is 28.5. The molecule has 1 aromatic rings. The van der Waals surface area contributed by atoms with Gasteiger partial charge in [0.1, 0.15) is 12.4 Å². The molecule has 1 aliphatic heterocycles. The van der Waals surface area contributed by atoms with Gasteiger partial charge < -0.3 is 19.0 Å². The van der Waals surface area contributed by atoms with Crippen LogP contribution in [0.4, 0.5) is 0 Å². The molecule has 1 aromatic heterocycles. The Bertz CT molecular complexity index is 556. The molecule has 1 atom stereocenters. The first kappa shape index (κ1) is 18.0. The zero-order valence-electron chi connectivity index (χ0n) is 15.0. The highest BCUT2D eigenvalue weighted by molar-refractivity contribution is 5.94. The van der Waals surface area contributed by atoms with Crippen LogP contribution in [0.2, 0.25) is 0 Å². The zero-order chi connectivity index (χ0) is 17.6. The first-order valence-electron chi connectivity index (χ1n) is 9.41. The van der Waals surface area contributed by atoms with E-state index in [0.717, 1.165) is 12.8 Å². The number of carbonyl (C=O) groups excluding carboxylic acids is 2. The molecule has 0 N–H and O–H groups in total. The van der Waals surface area contributed by atoms with Gasteiger partial charge in [-0.05, 0) is 25.8 Å². The highest BCUT2D eigenvalue weighted by Crippen LogP contribution is 2.21. The minimum absolute atomic E-state index is 0.0383. The van der Waals surface area contributed by atoms with Crippen molar-refractivity contribution in [2.45, 2.75) is 57.7 Å². The van der Waals surface area contributed by atoms with Crippen molar-refractivity contribution in [1.29, 1.82) is 0 Å². The first-order chi connectivity index (χ1) is 12.1. The SMILES string of the molecule is C[C@@H](OC1CCCCCC1)C(=O)N1CCN(C(=O)c2ccoc2)CC1. The largest absolute Gasteiger partial charge is 0.472 e. The number of rotatable bonds is 4. The van der Waals surface area contributed by atoms with Gasteiger partial charge in [-0.25, -0.2) is 0 Å². The molecule has 2 aliphatic rings. The average Bonchev–Trinajstić information content (AvgIpc) is 3.06. The van der Waals surface area contributed by atoms with Gasteiger partial charge in [-0.1, -0.05) is 25.7 Å². The van der Waals surface area contributed by atoms with Crippen LogP contribution in [0.25, 0.3) is 0 Å². The molecule has 138 valence electrons. The first-order valence-corrected chi connectivity index (χ1v) is 9.41. The normalized spacial score (nSPS) is 21.0. The van der Waals surface area contributed by atoms with E-state index in [4.69, 9.17) is 9.15 Å². The van der Waals surface area contributed by atoms with Gasteiger partial charge in [0.05, 0.1) is 17.9 Å². The van der Waals surface area contributed by atoms with E-state index < -0.39 is 6.10 Å². The molecule has 2 amide bonds. The lowest BCUT2D eigenvalue weighted by Crippen LogP contribution is -2.53. The van der Waals surface area contributed by atoms with Crippen LogP contribution in [0, 0.1) is 0 Å². The fourth-order valence-electron chi connectivity index (χ4n) is 3.68. The van der Waals surface area contributed by atoms with Gasteiger partial charge >= 0.3 is 0 Å². The summed E-state index contributed by atoms with van der Waals surface area (Å²) in [5.74, 6) is 0.00302. The van der Waals surface area contributed by atoms with Crippen molar-refractivity contribution < 1.29 is 18.7 Å². The summed E-state index contributed by atoms with van der Waals surface area (Å²) in [5, 5.41) is 0. The van der Waals surface area contributed by atoms with E-state index in [2.05, 4.69) is 0 Å². The Morgan fingerprint density at radius 3 is 2.32 bits per heavy atom. The molecule has 6 nitrogen and oxygen atoms in total. The predicted molar refractivity (Wildman–Crippen MR) is 93.2 cm³/mol. The van der Waals surface area contributed by atoms with Gasteiger partial charge in [-0.3, -0.25) is 9.59 Å². The highest BCUT2D eigenvalue weighted by Gasteiger charge is 2.29. The molecule has 25 heavy (non-hydrogen) atoms. The van der Waals surface area contributed by atoms with Crippen LogP contribution in [0.5, 0.6) is 0 Å². The van der Waals surface area contributed by atoms with Gasteiger partial charge in [0.15, 0.2) is 0 Å². The number of ether oxygens (including phenoxy) is 1. The van der Waals surface area contributed by atoms with Crippen LogP contribution in [0.3, 0.4) is 0 Å². The van der Waals surface area contributed by atoms with Crippen molar-refractivity contribution in [3.05, 3.63) is 24.2 Å². The quantitative estimate of drug-likeness (QED) is 0.785. The predicted octanol–water partition coefficient (Wildman–Crippen LogP) is 2.69. The van der Waals surface area contributed by atoms with E-state index in [1.165, 1.54) is 38.2 Å². The van der Waals surface area contributed by atoms with Crippen molar-refractivity contribution in [1.82, 2.24) is 9.80 Å². The summed E-state index contributed by atoms with van der Waals surface area (Å²) in [5.41, 5.74) is 0.560. The lowest BCUT2D eigenvalue weighted by atomic mass is 10.1. The maximum Gasteiger partial charge on any atom is 0.257 e. The summed E-state index contributed by atoms with van der Waals surface area (Å²) in [6, 6.07) is 1.67. The van der Waals surface area contributed by atoms with Gasteiger partial charge in [0, 0.05) is 26.2 Å². The van der Waals surface area contributed by atoms with Crippen molar-refractivity contribution in [2.24, 2.45) is 0 Å². The molecule has 0 radical (unpaired) electrons. The summed E-state index contributed by atoms with van der Waals surface area (Å²) in [7, 11) is 0. The second-order valence-corrected chi connectivity index (χ2v) is 7.02. The van der Waals surface area contributed by atoms with Crippen LogP contribution < -0.4 is 0 Å². The topological polar surface area (TPSA) is 63.0 Å². The minimum atomic E-state index is -0.403. The Labute approximate surface area is 149 Å². The molecule has 6 heteroatoms. The Balaban J connectivity index is 1.46. The number of nitrogens with zero attached hydrogens (tertiary/aromatic N) is 2. The maximum absolute atomic E-state index is 12.6. The van der Waals surface area contributed by atoms with E-state index in [0.29, 0.717) is 31.7 Å². The molecular formula is C19H28N2O4. The Morgan fingerprint density at radius 1 is 1.08 bits per heavy atom. The van der Waals surface area contributed by atoms with E-state index in [-0.39, 0.29) is 17.9 Å². The lowest BCUT2D eigenvalue weighted by Gasteiger charge is -2.36. The molecule has 1 saturated carbocycles. The smallest absolute Gasteiger partial charge is 0.257 e. The van der Waals surface area contributed by atoms with Crippen molar-refractivity contribution in [2.75, 3.05) is 26.2 Å². The van der Waals surface area contributed by atoms with Crippen molar-refractivity contribution >= 4 is 11.8 Å². The van der Waals surface area contributed by atoms with Crippen LogP contribution in [-0.2, 0) is 9.53 Å². The highest BCUT2D eigenvalue weighted by atomic mass is 16.5. The van der Waals surface area contributed by atoms with E-state index in [9.17, 15) is 9.59 Å². The van der Waals surface area contributed by atoms with E-state index in [1.54, 1.807) is 11.0 Å². The van der Waals surface area contributed by atoms with Gasteiger partial charge in [0.2, 0.25) is 0 Å². The molecule has 2 heterocycles. The Morgan fingerprint density at radius 2 is 1.72 bits per heavy atom. The number of hydrogen-bond donors (Lipinski definition) is 0. The molecular weight excluding hydrogens is 320 g/mol. The maximum atomic E-state index is 12.6. The molecule has 3 rings (SSSR count). The number of piperazine rings is 1. The second kappa shape index (κ2) is 8.52. The Hall–Kier alpha value is -1.82. The third kappa shape index (κ3) is 4.63. The van der Waals surface area contributed by atoms with Crippen molar-refractivity contribution in [3.8, 4) is 0 Å². The molecule has 0 spiro atoms. The third-order valence-electron chi connectivity index (χ3n) is 5.19. The summed E-state index contributed by atoms with van der Waals surface area (Å²) >= 11 is 0. The van der Waals surface area contributed by atoms with E-state index in [1.807, 2.05) is 11.8 Å². The third-order valence-corrected chi connectivity index (χ3v) is 5.19. The lowest BCUT2D eigenvalue weighted by molar-refractivity contribution is -0.148. The molecule has 0 unspecified atom stereocenters. The number of carbonyl (C=O) groups is 2. The Kier molecular flexibility index (Phi) is 6.13. The summed E-state index contributed by atoms with van der Waals surface area (Å²) in [6.07, 6.45) is 9.83. The second-order valence-electron chi connectivity index (χ2n) is 7.02. The molecule has 0 bridgehead atoms. The molecule has 2 fully saturated rings. The fourth-order valence-corrected chi connectivity index (χ4v) is 3.68. The number of hydrogen-bond acceptors (Lipinski definition) is 4. The van der Waals surface area contributed by atoms with Gasteiger partial charge in [0.25, 0.3) is 11.8 Å².